The zero-order chi connectivity index (χ0) is 18.9. The molecule has 7 heteroatoms. The molecule has 1 aliphatic heterocycles. The van der Waals surface area contributed by atoms with Gasteiger partial charge in [0.1, 0.15) is 5.76 Å². The van der Waals surface area contributed by atoms with Crippen molar-refractivity contribution in [2.45, 2.75) is 26.3 Å². The largest absolute Gasteiger partial charge is 0.469 e. The highest BCUT2D eigenvalue weighted by molar-refractivity contribution is 14.0. The molecular weight excluding hydrogens is 533 g/mol. The van der Waals surface area contributed by atoms with Gasteiger partial charge < -0.3 is 19.4 Å². The van der Waals surface area contributed by atoms with Crippen LogP contribution in [-0.2, 0) is 17.7 Å². The molecule has 1 aromatic heterocycles. The number of ether oxygens (including phenoxy) is 1. The minimum atomic E-state index is 0. The van der Waals surface area contributed by atoms with Crippen LogP contribution in [0, 0.1) is 5.92 Å². The minimum absolute atomic E-state index is 0. The minimum Gasteiger partial charge on any atom is -0.469 e. The Morgan fingerprint density at radius 2 is 2.14 bits per heavy atom. The number of aliphatic imine (C=N–C) groups is 1. The molecule has 1 aliphatic rings. The van der Waals surface area contributed by atoms with Gasteiger partial charge in [-0.05, 0) is 43.2 Å². The number of rotatable bonds is 8. The molecule has 1 aromatic carbocycles. The van der Waals surface area contributed by atoms with Gasteiger partial charge in [0.05, 0.1) is 19.4 Å². The first-order valence-corrected chi connectivity index (χ1v) is 10.4. The van der Waals surface area contributed by atoms with E-state index < -0.39 is 0 Å². The summed E-state index contributed by atoms with van der Waals surface area (Å²) in [5.74, 6) is 2.54. The molecule has 28 heavy (non-hydrogen) atoms. The highest BCUT2D eigenvalue weighted by atomic mass is 127. The topological polar surface area (TPSA) is 50.0 Å². The predicted molar refractivity (Wildman–Crippen MR) is 127 cm³/mol. The van der Waals surface area contributed by atoms with Crippen molar-refractivity contribution in [1.29, 1.82) is 0 Å². The Labute approximate surface area is 193 Å². The van der Waals surface area contributed by atoms with E-state index in [1.165, 1.54) is 5.56 Å². The second-order valence-corrected chi connectivity index (χ2v) is 7.70. The summed E-state index contributed by atoms with van der Waals surface area (Å²) < 4.78 is 12.1. The summed E-state index contributed by atoms with van der Waals surface area (Å²) in [7, 11) is 0. The quantitative estimate of drug-likeness (QED) is 0.288. The maximum Gasteiger partial charge on any atom is 0.194 e. The summed E-state index contributed by atoms with van der Waals surface area (Å²) in [5, 5.41) is 3.52. The normalized spacial score (nSPS) is 16.9. The van der Waals surface area contributed by atoms with Gasteiger partial charge >= 0.3 is 0 Å². The summed E-state index contributed by atoms with van der Waals surface area (Å²) >= 11 is 3.48. The van der Waals surface area contributed by atoms with Gasteiger partial charge in [-0.2, -0.15) is 0 Å². The summed E-state index contributed by atoms with van der Waals surface area (Å²) in [5.41, 5.74) is 1.20. The fraction of sp³-hybridized carbons (Fsp3) is 0.476. The zero-order valence-corrected chi connectivity index (χ0v) is 20.2. The average Bonchev–Trinajstić information content (AvgIpc) is 3.36. The Morgan fingerprint density at radius 3 is 2.86 bits per heavy atom. The lowest BCUT2D eigenvalue weighted by Gasteiger charge is -2.22. The van der Waals surface area contributed by atoms with Crippen LogP contribution in [0.25, 0.3) is 0 Å². The Kier molecular flexibility index (Phi) is 10.4. The molecule has 2 aromatic rings. The Balaban J connectivity index is 0.00000280. The van der Waals surface area contributed by atoms with Crippen molar-refractivity contribution in [3.8, 4) is 0 Å². The van der Waals surface area contributed by atoms with Crippen molar-refractivity contribution in [1.82, 2.24) is 10.2 Å². The number of guanidine groups is 1. The number of halogens is 2. The SMILES string of the molecule is CCOCC1CCN(C(=NCc2ccc(Br)cc2)NCCc2ccco2)C1.I. The molecule has 0 bridgehead atoms. The third kappa shape index (κ3) is 7.40. The van der Waals surface area contributed by atoms with Crippen LogP contribution in [0.15, 0.2) is 56.5 Å². The molecule has 0 amide bonds. The second-order valence-electron chi connectivity index (χ2n) is 6.78. The van der Waals surface area contributed by atoms with E-state index in [1.54, 1.807) is 6.26 Å². The molecule has 1 N–H and O–H groups in total. The molecular formula is C21H29BrIN3O2. The van der Waals surface area contributed by atoms with E-state index in [2.05, 4.69) is 50.4 Å². The van der Waals surface area contributed by atoms with Crippen LogP contribution >= 0.6 is 39.9 Å². The molecule has 0 saturated carbocycles. The number of benzene rings is 1. The van der Waals surface area contributed by atoms with E-state index >= 15 is 0 Å². The van der Waals surface area contributed by atoms with Crippen molar-refractivity contribution in [3.05, 3.63) is 58.5 Å². The van der Waals surface area contributed by atoms with Gasteiger partial charge in [0.25, 0.3) is 0 Å². The van der Waals surface area contributed by atoms with Crippen LogP contribution in [0.2, 0.25) is 0 Å². The number of likely N-dealkylation sites (tertiary alicyclic amines) is 1. The van der Waals surface area contributed by atoms with Gasteiger partial charge in [-0.15, -0.1) is 24.0 Å². The Hall–Kier alpha value is -1.06. The van der Waals surface area contributed by atoms with Crippen LogP contribution in [0.1, 0.15) is 24.7 Å². The first-order valence-electron chi connectivity index (χ1n) is 9.62. The van der Waals surface area contributed by atoms with Crippen LogP contribution in [-0.4, -0.2) is 43.7 Å². The van der Waals surface area contributed by atoms with E-state index in [1.807, 2.05) is 19.1 Å². The highest BCUT2D eigenvalue weighted by Crippen LogP contribution is 2.17. The lowest BCUT2D eigenvalue weighted by Crippen LogP contribution is -2.41. The van der Waals surface area contributed by atoms with E-state index in [4.69, 9.17) is 14.1 Å². The number of hydrogen-bond acceptors (Lipinski definition) is 3. The molecule has 0 radical (unpaired) electrons. The van der Waals surface area contributed by atoms with Gasteiger partial charge in [-0.3, -0.25) is 0 Å². The van der Waals surface area contributed by atoms with Gasteiger partial charge in [0.2, 0.25) is 0 Å². The summed E-state index contributed by atoms with van der Waals surface area (Å²) in [6.07, 6.45) is 3.72. The fourth-order valence-corrected chi connectivity index (χ4v) is 3.49. The molecule has 1 unspecified atom stereocenters. The Bertz CT molecular complexity index is 707. The molecule has 1 saturated heterocycles. The van der Waals surface area contributed by atoms with Crippen LogP contribution in [0.5, 0.6) is 0 Å². The first kappa shape index (κ1) is 23.2. The van der Waals surface area contributed by atoms with E-state index in [0.29, 0.717) is 12.5 Å². The molecule has 3 rings (SSSR count). The maximum absolute atomic E-state index is 5.61. The third-order valence-corrected chi connectivity index (χ3v) is 5.23. The molecule has 154 valence electrons. The van der Waals surface area contributed by atoms with Crippen molar-refractivity contribution < 1.29 is 9.15 Å². The molecule has 5 nitrogen and oxygen atoms in total. The predicted octanol–water partition coefficient (Wildman–Crippen LogP) is 4.71. The standard InChI is InChI=1S/C21H28BrN3O2.HI/c1-2-26-16-18-10-12-25(15-18)21(23-11-9-20-4-3-13-27-20)24-14-17-5-7-19(22)8-6-17;/h3-8,13,18H,2,9-12,14-16H2,1H3,(H,23,24);1H. The molecule has 2 heterocycles. The number of nitrogens with zero attached hydrogens (tertiary/aromatic N) is 2. The molecule has 1 atom stereocenters. The van der Waals surface area contributed by atoms with Gasteiger partial charge in [-0.25, -0.2) is 4.99 Å². The lowest BCUT2D eigenvalue weighted by molar-refractivity contribution is 0.114. The van der Waals surface area contributed by atoms with Crippen molar-refractivity contribution in [2.75, 3.05) is 32.8 Å². The van der Waals surface area contributed by atoms with E-state index in [0.717, 1.165) is 61.9 Å². The van der Waals surface area contributed by atoms with Gasteiger partial charge in [0.15, 0.2) is 5.96 Å². The molecule has 0 spiro atoms. The number of hydrogen-bond donors (Lipinski definition) is 1. The summed E-state index contributed by atoms with van der Waals surface area (Å²) in [4.78, 5) is 7.24. The van der Waals surface area contributed by atoms with Crippen LogP contribution in [0.3, 0.4) is 0 Å². The van der Waals surface area contributed by atoms with Crippen LogP contribution in [0.4, 0.5) is 0 Å². The maximum atomic E-state index is 5.61. The summed E-state index contributed by atoms with van der Waals surface area (Å²) in [6.45, 7) is 7.15. The fourth-order valence-electron chi connectivity index (χ4n) is 3.22. The first-order chi connectivity index (χ1) is 13.2. The van der Waals surface area contributed by atoms with E-state index in [9.17, 15) is 0 Å². The zero-order valence-electron chi connectivity index (χ0n) is 16.3. The lowest BCUT2D eigenvalue weighted by atomic mass is 10.1. The van der Waals surface area contributed by atoms with Gasteiger partial charge in [0, 0.05) is 43.1 Å². The summed E-state index contributed by atoms with van der Waals surface area (Å²) in [6, 6.07) is 12.3. The van der Waals surface area contributed by atoms with Crippen molar-refractivity contribution in [2.24, 2.45) is 10.9 Å². The number of nitrogens with one attached hydrogen (secondary N) is 1. The second kappa shape index (κ2) is 12.5. The Morgan fingerprint density at radius 1 is 1.32 bits per heavy atom. The monoisotopic (exact) mass is 561 g/mol. The third-order valence-electron chi connectivity index (χ3n) is 4.70. The van der Waals surface area contributed by atoms with Crippen molar-refractivity contribution >= 4 is 45.9 Å². The molecule has 0 aliphatic carbocycles. The van der Waals surface area contributed by atoms with Gasteiger partial charge in [-0.1, -0.05) is 28.1 Å². The smallest absolute Gasteiger partial charge is 0.194 e. The van der Waals surface area contributed by atoms with Crippen LogP contribution < -0.4 is 5.32 Å². The molecule has 1 fully saturated rings. The van der Waals surface area contributed by atoms with Crippen molar-refractivity contribution in [3.63, 3.8) is 0 Å². The average molecular weight is 562 g/mol. The highest BCUT2D eigenvalue weighted by Gasteiger charge is 2.25. The van der Waals surface area contributed by atoms with E-state index in [-0.39, 0.29) is 24.0 Å². The number of furan rings is 1.